The van der Waals surface area contributed by atoms with Crippen molar-refractivity contribution in [3.05, 3.63) is 65.2 Å². The lowest BCUT2D eigenvalue weighted by Gasteiger charge is -2.17. The first-order chi connectivity index (χ1) is 9.47. The highest BCUT2D eigenvalue weighted by molar-refractivity contribution is 5.47. The van der Waals surface area contributed by atoms with E-state index >= 15 is 0 Å². The molecule has 0 spiro atoms. The Morgan fingerprint density at radius 3 is 2.10 bits per heavy atom. The number of anilines is 1. The maximum Gasteiger partial charge on any atom is 0.131 e. The third-order valence-corrected chi connectivity index (χ3v) is 3.39. The molecule has 0 aliphatic heterocycles. The topological polar surface area (TPSA) is 12.0 Å². The van der Waals surface area contributed by atoms with E-state index in [1.165, 1.54) is 17.7 Å². The van der Waals surface area contributed by atoms with Crippen LogP contribution in [0.2, 0.25) is 0 Å². The Kier molecular flexibility index (Phi) is 4.38. The van der Waals surface area contributed by atoms with E-state index in [1.807, 2.05) is 19.1 Å². The lowest BCUT2D eigenvalue weighted by Crippen LogP contribution is -2.08. The van der Waals surface area contributed by atoms with E-state index in [9.17, 15) is 8.78 Å². The predicted octanol–water partition coefficient (Wildman–Crippen LogP) is 5.26. The molecule has 0 saturated heterocycles. The van der Waals surface area contributed by atoms with E-state index in [0.717, 1.165) is 11.8 Å². The van der Waals surface area contributed by atoms with Crippen LogP contribution >= 0.6 is 0 Å². The van der Waals surface area contributed by atoms with Crippen molar-refractivity contribution in [2.75, 3.05) is 5.32 Å². The lowest BCUT2D eigenvalue weighted by molar-refractivity contribution is 0.566. The fourth-order valence-corrected chi connectivity index (χ4v) is 2.14. The molecule has 0 aromatic heterocycles. The van der Waals surface area contributed by atoms with Crippen LogP contribution in [0.1, 0.15) is 43.9 Å². The van der Waals surface area contributed by atoms with Crippen molar-refractivity contribution < 1.29 is 8.78 Å². The molecule has 106 valence electrons. The van der Waals surface area contributed by atoms with E-state index in [2.05, 4.69) is 31.3 Å². The van der Waals surface area contributed by atoms with Crippen molar-refractivity contribution in [1.29, 1.82) is 0 Å². The second-order valence-electron chi connectivity index (χ2n) is 5.31. The van der Waals surface area contributed by atoms with Crippen molar-refractivity contribution in [2.24, 2.45) is 0 Å². The second-order valence-corrected chi connectivity index (χ2v) is 5.31. The first-order valence-corrected chi connectivity index (χ1v) is 6.79. The molecule has 0 aliphatic carbocycles. The molecule has 0 fully saturated rings. The van der Waals surface area contributed by atoms with Crippen LogP contribution in [0.25, 0.3) is 0 Å². The van der Waals surface area contributed by atoms with E-state index in [1.54, 1.807) is 0 Å². The third kappa shape index (κ3) is 3.35. The normalized spacial score (nSPS) is 12.5. The van der Waals surface area contributed by atoms with Gasteiger partial charge in [-0.3, -0.25) is 0 Å². The van der Waals surface area contributed by atoms with E-state index in [4.69, 9.17) is 0 Å². The molecule has 3 heteroatoms. The summed E-state index contributed by atoms with van der Waals surface area (Å²) in [6.45, 7) is 6.13. The van der Waals surface area contributed by atoms with Crippen LogP contribution in [0.3, 0.4) is 0 Å². The third-order valence-electron chi connectivity index (χ3n) is 3.39. The van der Waals surface area contributed by atoms with Gasteiger partial charge in [-0.05, 0) is 36.6 Å². The van der Waals surface area contributed by atoms with Gasteiger partial charge in [-0.1, -0.05) is 32.0 Å². The number of hydrogen-bond donors (Lipinski definition) is 1. The summed E-state index contributed by atoms with van der Waals surface area (Å²) in [5.41, 5.74) is 2.64. The highest BCUT2D eigenvalue weighted by atomic mass is 19.1. The van der Waals surface area contributed by atoms with Gasteiger partial charge < -0.3 is 5.32 Å². The Balaban J connectivity index is 2.12. The minimum atomic E-state index is -0.556. The van der Waals surface area contributed by atoms with Gasteiger partial charge in [-0.15, -0.1) is 0 Å². The van der Waals surface area contributed by atoms with Gasteiger partial charge in [-0.25, -0.2) is 8.78 Å². The molecule has 0 saturated carbocycles. The molecule has 0 radical (unpaired) electrons. The van der Waals surface area contributed by atoms with Crippen LogP contribution in [0.5, 0.6) is 0 Å². The minimum Gasteiger partial charge on any atom is -0.378 e. The van der Waals surface area contributed by atoms with Crippen molar-refractivity contribution in [3.8, 4) is 0 Å². The van der Waals surface area contributed by atoms with Gasteiger partial charge in [0, 0.05) is 17.3 Å². The van der Waals surface area contributed by atoms with E-state index < -0.39 is 11.6 Å². The van der Waals surface area contributed by atoms with E-state index in [0.29, 0.717) is 11.5 Å². The Morgan fingerprint density at radius 2 is 1.55 bits per heavy atom. The molecule has 1 N–H and O–H groups in total. The zero-order valence-electron chi connectivity index (χ0n) is 12.0. The van der Waals surface area contributed by atoms with Gasteiger partial charge in [0.05, 0.1) is 6.04 Å². The molecule has 2 aromatic rings. The Bertz CT molecular complexity index is 576. The summed E-state index contributed by atoms with van der Waals surface area (Å²) >= 11 is 0. The molecule has 0 aliphatic rings. The van der Waals surface area contributed by atoms with Gasteiger partial charge in [0.25, 0.3) is 0 Å². The quantitative estimate of drug-likeness (QED) is 0.802. The monoisotopic (exact) mass is 275 g/mol. The van der Waals surface area contributed by atoms with Crippen LogP contribution in [0.4, 0.5) is 14.5 Å². The molecule has 0 amide bonds. The summed E-state index contributed by atoms with van der Waals surface area (Å²) in [4.78, 5) is 0. The summed E-state index contributed by atoms with van der Waals surface area (Å²) in [6.07, 6.45) is 0. The number of hydrogen-bond acceptors (Lipinski definition) is 1. The number of benzene rings is 2. The maximum atomic E-state index is 13.7. The standard InChI is InChI=1S/C17H19F2N/c1-11(2)13-4-7-15(8-5-13)20-12(3)16-9-6-14(18)10-17(16)19/h4-12,20H,1-3H3. The zero-order chi connectivity index (χ0) is 14.7. The van der Waals surface area contributed by atoms with Crippen LogP contribution in [0, 0.1) is 11.6 Å². The smallest absolute Gasteiger partial charge is 0.131 e. The number of rotatable bonds is 4. The van der Waals surface area contributed by atoms with Gasteiger partial charge in [0.1, 0.15) is 11.6 Å². The average Bonchev–Trinajstić information content (AvgIpc) is 2.39. The Hall–Kier alpha value is -1.90. The van der Waals surface area contributed by atoms with Gasteiger partial charge in [-0.2, -0.15) is 0 Å². The van der Waals surface area contributed by atoms with Crippen molar-refractivity contribution >= 4 is 5.69 Å². The number of nitrogens with one attached hydrogen (secondary N) is 1. The van der Waals surface area contributed by atoms with Crippen LogP contribution in [0.15, 0.2) is 42.5 Å². The maximum absolute atomic E-state index is 13.7. The summed E-state index contributed by atoms with van der Waals surface area (Å²) in [7, 11) is 0. The van der Waals surface area contributed by atoms with Crippen molar-refractivity contribution in [1.82, 2.24) is 0 Å². The molecule has 20 heavy (non-hydrogen) atoms. The highest BCUT2D eigenvalue weighted by Crippen LogP contribution is 2.23. The average molecular weight is 275 g/mol. The molecule has 1 nitrogen and oxygen atoms in total. The molecule has 0 heterocycles. The van der Waals surface area contributed by atoms with Crippen LogP contribution < -0.4 is 5.32 Å². The van der Waals surface area contributed by atoms with Gasteiger partial charge >= 0.3 is 0 Å². The van der Waals surface area contributed by atoms with Crippen LogP contribution in [-0.4, -0.2) is 0 Å². The summed E-state index contributed by atoms with van der Waals surface area (Å²) < 4.78 is 26.6. The molecular weight excluding hydrogens is 256 g/mol. The highest BCUT2D eigenvalue weighted by Gasteiger charge is 2.11. The van der Waals surface area contributed by atoms with Crippen molar-refractivity contribution in [2.45, 2.75) is 32.7 Å². The van der Waals surface area contributed by atoms with Crippen LogP contribution in [-0.2, 0) is 0 Å². The summed E-state index contributed by atoms with van der Waals surface area (Å²) in [5, 5.41) is 3.22. The van der Waals surface area contributed by atoms with Crippen molar-refractivity contribution in [3.63, 3.8) is 0 Å². The predicted molar refractivity (Wildman–Crippen MR) is 78.9 cm³/mol. The molecule has 2 aromatic carbocycles. The summed E-state index contributed by atoms with van der Waals surface area (Å²) in [6, 6.07) is 11.5. The molecule has 1 unspecified atom stereocenters. The summed E-state index contributed by atoms with van der Waals surface area (Å²) in [5.74, 6) is -0.598. The molecule has 0 bridgehead atoms. The first-order valence-electron chi connectivity index (χ1n) is 6.79. The Morgan fingerprint density at radius 1 is 0.900 bits per heavy atom. The second kappa shape index (κ2) is 6.04. The van der Waals surface area contributed by atoms with E-state index in [-0.39, 0.29) is 6.04 Å². The Labute approximate surface area is 118 Å². The molecule has 2 rings (SSSR count). The number of halogens is 2. The minimum absolute atomic E-state index is 0.222. The fourth-order valence-electron chi connectivity index (χ4n) is 2.14. The molecular formula is C17H19F2N. The SMILES string of the molecule is CC(C)c1ccc(NC(C)c2ccc(F)cc2F)cc1. The lowest BCUT2D eigenvalue weighted by atomic mass is 10.0. The fraction of sp³-hybridized carbons (Fsp3) is 0.294. The largest absolute Gasteiger partial charge is 0.378 e. The van der Waals surface area contributed by atoms with Gasteiger partial charge in [0.15, 0.2) is 0 Å². The molecule has 1 atom stereocenters. The first kappa shape index (κ1) is 14.5. The van der Waals surface area contributed by atoms with Gasteiger partial charge in [0.2, 0.25) is 0 Å². The zero-order valence-corrected chi connectivity index (χ0v) is 12.0.